The highest BCUT2D eigenvalue weighted by molar-refractivity contribution is 7.99. The molecular weight excluding hydrogens is 198 g/mol. The van der Waals surface area contributed by atoms with E-state index in [1.165, 1.54) is 19.3 Å². The van der Waals surface area contributed by atoms with Crippen LogP contribution < -0.4 is 0 Å². The second kappa shape index (κ2) is 4.79. The van der Waals surface area contributed by atoms with Crippen LogP contribution in [-0.4, -0.2) is 33.2 Å². The van der Waals surface area contributed by atoms with E-state index in [1.807, 2.05) is 11.6 Å². The van der Waals surface area contributed by atoms with Gasteiger partial charge in [0.25, 0.3) is 0 Å². The first-order chi connectivity index (χ1) is 6.86. The number of nitrogens with zero attached hydrogens (tertiary/aromatic N) is 3. The number of hydrogen-bond donors (Lipinski definition) is 0. The van der Waals surface area contributed by atoms with Gasteiger partial charge in [0.1, 0.15) is 6.33 Å². The van der Waals surface area contributed by atoms with Crippen molar-refractivity contribution < 1.29 is 4.74 Å². The lowest BCUT2D eigenvalue weighted by atomic mass is 10.1. The molecule has 0 N–H and O–H groups in total. The monoisotopic (exact) mass is 213 g/mol. The molecule has 1 atom stereocenters. The fourth-order valence-electron chi connectivity index (χ4n) is 1.51. The molecule has 0 radical (unpaired) electrons. The van der Waals surface area contributed by atoms with Crippen LogP contribution in [0.4, 0.5) is 0 Å². The third kappa shape index (κ3) is 2.48. The van der Waals surface area contributed by atoms with Gasteiger partial charge in [0.15, 0.2) is 5.16 Å². The summed E-state index contributed by atoms with van der Waals surface area (Å²) in [7, 11) is 1.96. The Morgan fingerprint density at radius 1 is 1.64 bits per heavy atom. The molecule has 0 unspecified atom stereocenters. The van der Waals surface area contributed by atoms with Gasteiger partial charge in [-0.1, -0.05) is 11.8 Å². The maximum atomic E-state index is 5.64. The molecule has 0 saturated carbocycles. The van der Waals surface area contributed by atoms with E-state index in [0.717, 1.165) is 17.5 Å². The minimum absolute atomic E-state index is 0.408. The Labute approximate surface area is 88.0 Å². The van der Waals surface area contributed by atoms with Crippen LogP contribution in [0.1, 0.15) is 19.3 Å². The van der Waals surface area contributed by atoms with E-state index in [0.29, 0.717) is 6.10 Å². The first-order valence-corrected chi connectivity index (χ1v) is 5.93. The summed E-state index contributed by atoms with van der Waals surface area (Å²) >= 11 is 1.72. The highest BCUT2D eigenvalue weighted by Crippen LogP contribution is 2.21. The highest BCUT2D eigenvalue weighted by Gasteiger charge is 2.15. The number of rotatable bonds is 3. The molecule has 1 aliphatic heterocycles. The summed E-state index contributed by atoms with van der Waals surface area (Å²) in [5, 5.41) is 8.83. The van der Waals surface area contributed by atoms with Gasteiger partial charge in [0, 0.05) is 19.4 Å². The summed E-state index contributed by atoms with van der Waals surface area (Å²) in [6.07, 6.45) is 5.83. The van der Waals surface area contributed by atoms with Crippen LogP contribution in [0.2, 0.25) is 0 Å². The minimum atomic E-state index is 0.408. The van der Waals surface area contributed by atoms with Crippen molar-refractivity contribution in [1.29, 1.82) is 0 Å². The van der Waals surface area contributed by atoms with Crippen molar-refractivity contribution in [2.45, 2.75) is 30.5 Å². The number of aryl methyl sites for hydroxylation is 1. The molecular formula is C9H15N3OS. The number of ether oxygens (including phenoxy) is 1. The lowest BCUT2D eigenvalue weighted by Crippen LogP contribution is -2.21. The van der Waals surface area contributed by atoms with Crippen molar-refractivity contribution in [3.8, 4) is 0 Å². The molecule has 14 heavy (non-hydrogen) atoms. The Morgan fingerprint density at radius 3 is 3.21 bits per heavy atom. The normalized spacial score (nSPS) is 22.5. The van der Waals surface area contributed by atoms with Crippen LogP contribution in [0, 0.1) is 0 Å². The topological polar surface area (TPSA) is 39.9 Å². The maximum Gasteiger partial charge on any atom is 0.190 e. The zero-order valence-corrected chi connectivity index (χ0v) is 9.16. The fraction of sp³-hybridized carbons (Fsp3) is 0.778. The molecule has 1 aliphatic rings. The van der Waals surface area contributed by atoms with E-state index in [4.69, 9.17) is 4.74 Å². The van der Waals surface area contributed by atoms with Crippen molar-refractivity contribution in [1.82, 2.24) is 14.8 Å². The SMILES string of the molecule is Cn1cnnc1SC[C@@H]1CCCCO1. The Morgan fingerprint density at radius 2 is 2.57 bits per heavy atom. The average Bonchev–Trinajstić information content (AvgIpc) is 2.63. The third-order valence-electron chi connectivity index (χ3n) is 2.34. The number of hydrogen-bond acceptors (Lipinski definition) is 4. The van der Waals surface area contributed by atoms with Crippen molar-refractivity contribution in [2.24, 2.45) is 7.05 Å². The Bertz CT molecular complexity index is 283. The Balaban J connectivity index is 1.79. The van der Waals surface area contributed by atoms with Crippen LogP contribution in [0.15, 0.2) is 11.5 Å². The summed E-state index contributed by atoms with van der Waals surface area (Å²) in [6.45, 7) is 0.921. The molecule has 5 heteroatoms. The quantitative estimate of drug-likeness (QED) is 0.713. The van der Waals surface area contributed by atoms with Crippen molar-refractivity contribution in [3.63, 3.8) is 0 Å². The smallest absolute Gasteiger partial charge is 0.190 e. The standard InChI is InChI=1S/C9H15N3OS/c1-12-7-10-11-9(12)14-6-8-4-2-3-5-13-8/h7-8H,2-6H2,1H3/t8-/m0/s1. The first-order valence-electron chi connectivity index (χ1n) is 4.94. The van der Waals surface area contributed by atoms with Crippen LogP contribution in [0.5, 0.6) is 0 Å². The summed E-state index contributed by atoms with van der Waals surface area (Å²) < 4.78 is 7.58. The van der Waals surface area contributed by atoms with Crippen LogP contribution >= 0.6 is 11.8 Å². The van der Waals surface area contributed by atoms with E-state index in [9.17, 15) is 0 Å². The molecule has 1 aromatic rings. The lowest BCUT2D eigenvalue weighted by Gasteiger charge is -2.21. The van der Waals surface area contributed by atoms with Crippen LogP contribution in [0.25, 0.3) is 0 Å². The number of aromatic nitrogens is 3. The van der Waals surface area contributed by atoms with Crippen molar-refractivity contribution >= 4 is 11.8 Å². The van der Waals surface area contributed by atoms with Crippen LogP contribution in [0.3, 0.4) is 0 Å². The van der Waals surface area contributed by atoms with Gasteiger partial charge in [-0.25, -0.2) is 0 Å². The average molecular weight is 213 g/mol. The molecule has 1 aromatic heterocycles. The minimum Gasteiger partial charge on any atom is -0.377 e. The van der Waals surface area contributed by atoms with E-state index < -0.39 is 0 Å². The maximum absolute atomic E-state index is 5.64. The summed E-state index contributed by atoms with van der Waals surface area (Å²) in [6, 6.07) is 0. The van der Waals surface area contributed by atoms with E-state index in [-0.39, 0.29) is 0 Å². The van der Waals surface area contributed by atoms with E-state index in [2.05, 4.69) is 10.2 Å². The molecule has 78 valence electrons. The van der Waals surface area contributed by atoms with Gasteiger partial charge < -0.3 is 9.30 Å². The third-order valence-corrected chi connectivity index (χ3v) is 3.51. The fourth-order valence-corrected chi connectivity index (χ4v) is 2.46. The zero-order chi connectivity index (χ0) is 9.80. The predicted octanol–water partition coefficient (Wildman–Crippen LogP) is 1.48. The molecule has 0 aromatic carbocycles. The summed E-state index contributed by atoms with van der Waals surface area (Å²) in [4.78, 5) is 0. The number of thioether (sulfide) groups is 1. The lowest BCUT2D eigenvalue weighted by molar-refractivity contribution is 0.0315. The summed E-state index contributed by atoms with van der Waals surface area (Å²) in [5.41, 5.74) is 0. The zero-order valence-electron chi connectivity index (χ0n) is 8.35. The largest absolute Gasteiger partial charge is 0.377 e. The predicted molar refractivity (Wildman–Crippen MR) is 55.3 cm³/mol. The van der Waals surface area contributed by atoms with Crippen molar-refractivity contribution in [2.75, 3.05) is 12.4 Å². The van der Waals surface area contributed by atoms with Gasteiger partial charge in [0.05, 0.1) is 6.10 Å². The van der Waals surface area contributed by atoms with Gasteiger partial charge in [0.2, 0.25) is 0 Å². The Kier molecular flexibility index (Phi) is 3.42. The molecule has 0 bridgehead atoms. The van der Waals surface area contributed by atoms with Gasteiger partial charge in [-0.15, -0.1) is 10.2 Å². The molecule has 0 amide bonds. The van der Waals surface area contributed by atoms with Crippen LogP contribution in [-0.2, 0) is 11.8 Å². The molecule has 2 heterocycles. The first kappa shape index (κ1) is 9.98. The highest BCUT2D eigenvalue weighted by atomic mass is 32.2. The Hall–Kier alpha value is -0.550. The van der Waals surface area contributed by atoms with E-state index in [1.54, 1.807) is 18.1 Å². The second-order valence-corrected chi connectivity index (χ2v) is 4.51. The molecule has 1 saturated heterocycles. The van der Waals surface area contributed by atoms with Gasteiger partial charge >= 0.3 is 0 Å². The molecule has 0 aliphatic carbocycles. The second-order valence-electron chi connectivity index (χ2n) is 3.52. The van der Waals surface area contributed by atoms with Gasteiger partial charge in [-0.3, -0.25) is 0 Å². The molecule has 0 spiro atoms. The van der Waals surface area contributed by atoms with Crippen molar-refractivity contribution in [3.05, 3.63) is 6.33 Å². The van der Waals surface area contributed by atoms with Gasteiger partial charge in [-0.05, 0) is 19.3 Å². The molecule has 4 nitrogen and oxygen atoms in total. The molecule has 1 fully saturated rings. The molecule has 2 rings (SSSR count). The van der Waals surface area contributed by atoms with Gasteiger partial charge in [-0.2, -0.15) is 0 Å². The summed E-state index contributed by atoms with van der Waals surface area (Å²) in [5.74, 6) is 0.993. The van der Waals surface area contributed by atoms with E-state index >= 15 is 0 Å².